The van der Waals surface area contributed by atoms with Crippen LogP contribution in [0.3, 0.4) is 0 Å². The lowest BCUT2D eigenvalue weighted by Crippen LogP contribution is -2.38. The fourth-order valence-electron chi connectivity index (χ4n) is 3.93. The second kappa shape index (κ2) is 6.85. The molecule has 0 aliphatic carbocycles. The van der Waals surface area contributed by atoms with Gasteiger partial charge in [0, 0.05) is 37.9 Å². The van der Waals surface area contributed by atoms with Gasteiger partial charge >= 0.3 is 6.18 Å². The van der Waals surface area contributed by atoms with Crippen LogP contribution in [-0.2, 0) is 13.2 Å². The van der Waals surface area contributed by atoms with E-state index in [1.807, 2.05) is 0 Å². The normalized spacial score (nSPS) is 16.0. The third kappa shape index (κ3) is 3.47. The summed E-state index contributed by atoms with van der Waals surface area (Å²) in [5.41, 5.74) is 0.803. The number of carbonyl (C=O) groups is 1. The van der Waals surface area contributed by atoms with Crippen molar-refractivity contribution in [3.8, 4) is 0 Å². The maximum absolute atomic E-state index is 13.6. The van der Waals surface area contributed by atoms with Crippen LogP contribution in [0.2, 0.25) is 0 Å². The van der Waals surface area contributed by atoms with Gasteiger partial charge in [-0.25, -0.2) is 4.98 Å². The Morgan fingerprint density at radius 1 is 1.24 bits per heavy atom. The zero-order valence-electron chi connectivity index (χ0n) is 16.2. The Morgan fingerprint density at radius 3 is 2.52 bits per heavy atom. The highest BCUT2D eigenvalue weighted by Gasteiger charge is 2.38. The monoisotopic (exact) mass is 407 g/mol. The quantitative estimate of drug-likeness (QED) is 0.649. The Morgan fingerprint density at radius 2 is 1.93 bits per heavy atom. The van der Waals surface area contributed by atoms with Gasteiger partial charge in [0.1, 0.15) is 0 Å². The van der Waals surface area contributed by atoms with E-state index in [9.17, 15) is 18.0 Å². The summed E-state index contributed by atoms with van der Waals surface area (Å²) in [6, 6.07) is 1.02. The van der Waals surface area contributed by atoms with Gasteiger partial charge in [-0.2, -0.15) is 18.3 Å². The molecule has 154 valence electrons. The molecule has 3 aromatic heterocycles. The summed E-state index contributed by atoms with van der Waals surface area (Å²) in [6.45, 7) is 4.11. The average molecular weight is 407 g/mol. The number of halogens is 3. The van der Waals surface area contributed by atoms with E-state index in [0.29, 0.717) is 37.2 Å². The van der Waals surface area contributed by atoms with Crippen LogP contribution in [0.4, 0.5) is 13.2 Å². The molecule has 4 rings (SSSR count). The smallest absolute Gasteiger partial charge is 0.338 e. The fraction of sp³-hybridized carbons (Fsp3) is 0.474. The number of rotatable bonds is 2. The number of fused-ring (bicyclic) bond motifs is 1. The Balaban J connectivity index is 1.58. The molecule has 0 N–H and O–H groups in total. The van der Waals surface area contributed by atoms with Crippen molar-refractivity contribution in [1.29, 1.82) is 0 Å². The number of aryl methyl sites for hydroxylation is 3. The Kier molecular flexibility index (Phi) is 4.59. The maximum atomic E-state index is 13.6. The zero-order valence-corrected chi connectivity index (χ0v) is 16.2. The molecule has 0 bridgehead atoms. The summed E-state index contributed by atoms with van der Waals surface area (Å²) in [5.74, 6) is -0.353. The van der Waals surface area contributed by atoms with Crippen LogP contribution < -0.4 is 0 Å². The van der Waals surface area contributed by atoms with Crippen LogP contribution in [0.1, 0.15) is 51.8 Å². The van der Waals surface area contributed by atoms with Crippen LogP contribution in [0.15, 0.2) is 16.8 Å². The van der Waals surface area contributed by atoms with Gasteiger partial charge in [-0.3, -0.25) is 9.48 Å². The standard InChI is InChI=1S/C19H20F3N5O2/c1-10-8-14(19(20,21)22)15-16(25-29-17(15)23-10)12-4-6-27(7-5-12)18(28)13-9-26(3)24-11(13)2/h8-9,12H,4-7H2,1-3H3. The van der Waals surface area contributed by atoms with Crippen LogP contribution in [0, 0.1) is 13.8 Å². The molecule has 10 heteroatoms. The molecule has 7 nitrogen and oxygen atoms in total. The number of pyridine rings is 1. The lowest BCUT2D eigenvalue weighted by Gasteiger charge is -2.31. The van der Waals surface area contributed by atoms with Gasteiger partial charge in [0.05, 0.1) is 27.9 Å². The van der Waals surface area contributed by atoms with Crippen LogP contribution >= 0.6 is 0 Å². The third-order valence-electron chi connectivity index (χ3n) is 5.32. The van der Waals surface area contributed by atoms with E-state index in [-0.39, 0.29) is 34.3 Å². The third-order valence-corrected chi connectivity index (χ3v) is 5.32. The summed E-state index contributed by atoms with van der Waals surface area (Å²) in [6.07, 6.45) is -1.85. The van der Waals surface area contributed by atoms with Gasteiger partial charge < -0.3 is 9.42 Å². The molecule has 0 unspecified atom stereocenters. The molecule has 0 saturated carbocycles. The van der Waals surface area contributed by atoms with Crippen molar-refractivity contribution in [3.05, 3.63) is 40.5 Å². The lowest BCUT2D eigenvalue weighted by molar-refractivity contribution is -0.136. The van der Waals surface area contributed by atoms with Gasteiger partial charge in [0.25, 0.3) is 11.6 Å². The van der Waals surface area contributed by atoms with Gasteiger partial charge in [-0.05, 0) is 32.8 Å². The minimum atomic E-state index is -4.53. The lowest BCUT2D eigenvalue weighted by atomic mass is 9.90. The first-order valence-electron chi connectivity index (χ1n) is 9.28. The van der Waals surface area contributed by atoms with E-state index in [1.54, 1.807) is 29.7 Å². The van der Waals surface area contributed by atoms with E-state index in [0.717, 1.165) is 6.07 Å². The molecule has 1 aliphatic rings. The van der Waals surface area contributed by atoms with Crippen LogP contribution in [-0.4, -0.2) is 43.8 Å². The van der Waals surface area contributed by atoms with E-state index >= 15 is 0 Å². The van der Waals surface area contributed by atoms with Crippen LogP contribution in [0.25, 0.3) is 11.1 Å². The van der Waals surface area contributed by atoms with Gasteiger partial charge in [-0.15, -0.1) is 0 Å². The second-order valence-corrected chi connectivity index (χ2v) is 7.43. The molecular weight excluding hydrogens is 387 g/mol. The molecule has 4 heterocycles. The average Bonchev–Trinajstić information content (AvgIpc) is 3.22. The van der Waals surface area contributed by atoms with Gasteiger partial charge in [0.2, 0.25) is 0 Å². The van der Waals surface area contributed by atoms with Crippen molar-refractivity contribution in [2.75, 3.05) is 13.1 Å². The second-order valence-electron chi connectivity index (χ2n) is 7.43. The summed E-state index contributed by atoms with van der Waals surface area (Å²) in [7, 11) is 1.75. The predicted molar refractivity (Wildman–Crippen MR) is 97.4 cm³/mol. The van der Waals surface area contributed by atoms with Crippen molar-refractivity contribution in [3.63, 3.8) is 0 Å². The van der Waals surface area contributed by atoms with Crippen LogP contribution in [0.5, 0.6) is 0 Å². The van der Waals surface area contributed by atoms with E-state index < -0.39 is 11.7 Å². The molecule has 0 radical (unpaired) electrons. The molecular formula is C19H20F3N5O2. The molecule has 1 saturated heterocycles. The Bertz CT molecular complexity index is 1080. The number of likely N-dealkylation sites (tertiary alicyclic amines) is 1. The SMILES string of the molecule is Cc1cc(C(F)(F)F)c2c(C3CCN(C(=O)c4cn(C)nc4C)CC3)noc2n1. The molecule has 1 fully saturated rings. The minimum Gasteiger partial charge on any atom is -0.338 e. The van der Waals surface area contributed by atoms with Crippen molar-refractivity contribution in [1.82, 2.24) is 24.8 Å². The predicted octanol–water partition coefficient (Wildman–Crippen LogP) is 3.61. The molecule has 1 aliphatic heterocycles. The van der Waals surface area contributed by atoms with E-state index in [4.69, 9.17) is 4.52 Å². The fourth-order valence-corrected chi connectivity index (χ4v) is 3.93. The highest BCUT2D eigenvalue weighted by molar-refractivity contribution is 5.95. The molecule has 29 heavy (non-hydrogen) atoms. The number of carbonyl (C=O) groups excluding carboxylic acids is 1. The molecule has 1 amide bonds. The van der Waals surface area contributed by atoms with Gasteiger partial charge in [-0.1, -0.05) is 5.16 Å². The maximum Gasteiger partial charge on any atom is 0.417 e. The summed E-state index contributed by atoms with van der Waals surface area (Å²) < 4.78 is 47.4. The van der Waals surface area contributed by atoms with Crippen molar-refractivity contribution >= 4 is 17.0 Å². The molecule has 3 aromatic rings. The van der Waals surface area contributed by atoms with Crippen molar-refractivity contribution < 1.29 is 22.5 Å². The van der Waals surface area contributed by atoms with Crippen molar-refractivity contribution in [2.45, 2.75) is 38.8 Å². The number of hydrogen-bond acceptors (Lipinski definition) is 5. The first-order valence-corrected chi connectivity index (χ1v) is 9.28. The molecule has 0 atom stereocenters. The van der Waals surface area contributed by atoms with Gasteiger partial charge in [0.15, 0.2) is 0 Å². The molecule has 0 spiro atoms. The minimum absolute atomic E-state index is 0.0732. The van der Waals surface area contributed by atoms with E-state index in [1.165, 1.54) is 6.92 Å². The topological polar surface area (TPSA) is 77.0 Å². The first kappa shape index (κ1) is 19.4. The number of piperidine rings is 1. The highest BCUT2D eigenvalue weighted by Crippen LogP contribution is 2.40. The van der Waals surface area contributed by atoms with E-state index in [2.05, 4.69) is 15.2 Å². The summed E-state index contributed by atoms with van der Waals surface area (Å²) in [5, 5.41) is 8.04. The Labute approximate surface area is 164 Å². The Hall–Kier alpha value is -2.91. The highest BCUT2D eigenvalue weighted by atomic mass is 19.4. The number of aromatic nitrogens is 4. The zero-order chi connectivity index (χ0) is 20.9. The van der Waals surface area contributed by atoms with Crippen molar-refractivity contribution in [2.24, 2.45) is 7.05 Å². The number of nitrogens with zero attached hydrogens (tertiary/aromatic N) is 5. The molecule has 0 aromatic carbocycles. The first-order chi connectivity index (χ1) is 13.6. The largest absolute Gasteiger partial charge is 0.417 e. The summed E-state index contributed by atoms with van der Waals surface area (Å²) >= 11 is 0. The summed E-state index contributed by atoms with van der Waals surface area (Å²) in [4.78, 5) is 18.5. The number of alkyl halides is 3. The number of amides is 1. The number of hydrogen-bond donors (Lipinski definition) is 0.